The van der Waals surface area contributed by atoms with E-state index in [1.807, 2.05) is 31.2 Å². The molecule has 3 aromatic rings. The Morgan fingerprint density at radius 1 is 1.27 bits per heavy atom. The van der Waals surface area contributed by atoms with Crippen LogP contribution in [-0.4, -0.2) is 17.6 Å². The van der Waals surface area contributed by atoms with Gasteiger partial charge >= 0.3 is 5.97 Å². The fourth-order valence-corrected chi connectivity index (χ4v) is 3.90. The van der Waals surface area contributed by atoms with Crippen LogP contribution in [0, 0.1) is 6.92 Å². The van der Waals surface area contributed by atoms with Crippen molar-refractivity contribution in [1.82, 2.24) is 4.98 Å². The molecule has 4 heteroatoms. The molecule has 1 atom stereocenters. The van der Waals surface area contributed by atoms with Crippen molar-refractivity contribution in [2.45, 2.75) is 39.2 Å². The van der Waals surface area contributed by atoms with Gasteiger partial charge in [-0.3, -0.25) is 0 Å². The Bertz CT molecular complexity index is 958. The lowest BCUT2D eigenvalue weighted by atomic mass is 9.91. The van der Waals surface area contributed by atoms with Gasteiger partial charge in [0.1, 0.15) is 0 Å². The van der Waals surface area contributed by atoms with Gasteiger partial charge in [-0.05, 0) is 62.9 Å². The molecule has 0 bridgehead atoms. The van der Waals surface area contributed by atoms with Crippen LogP contribution in [0.25, 0.3) is 10.9 Å². The average Bonchev–Trinajstić information content (AvgIpc) is 3.01. The predicted octanol–water partition coefficient (Wildman–Crippen LogP) is 5.14. The highest BCUT2D eigenvalue weighted by atomic mass is 16.5. The number of nitrogens with one attached hydrogen (secondary N) is 2. The maximum Gasteiger partial charge on any atom is 0.340 e. The Labute approximate surface area is 153 Å². The summed E-state index contributed by atoms with van der Waals surface area (Å²) < 4.78 is 5.20. The van der Waals surface area contributed by atoms with E-state index in [-0.39, 0.29) is 12.0 Å². The molecule has 1 aromatic heterocycles. The van der Waals surface area contributed by atoms with Crippen molar-refractivity contribution < 1.29 is 9.53 Å². The molecule has 0 aliphatic heterocycles. The van der Waals surface area contributed by atoms with Gasteiger partial charge in [-0.25, -0.2) is 4.79 Å². The number of benzene rings is 2. The maximum absolute atomic E-state index is 12.3. The first kappa shape index (κ1) is 16.7. The number of esters is 1. The molecular formula is C22H24N2O2. The van der Waals surface area contributed by atoms with Crippen molar-refractivity contribution in [1.29, 1.82) is 0 Å². The first-order valence-corrected chi connectivity index (χ1v) is 9.31. The maximum atomic E-state index is 12.3. The van der Waals surface area contributed by atoms with Crippen LogP contribution in [0.3, 0.4) is 0 Å². The van der Waals surface area contributed by atoms with Crippen LogP contribution in [0.4, 0.5) is 5.69 Å². The van der Waals surface area contributed by atoms with Crippen molar-refractivity contribution in [2.24, 2.45) is 0 Å². The number of ether oxygens (including phenoxy) is 1. The van der Waals surface area contributed by atoms with E-state index in [0.717, 1.165) is 24.9 Å². The predicted molar refractivity (Wildman–Crippen MR) is 105 cm³/mol. The minimum Gasteiger partial charge on any atom is -0.462 e. The monoisotopic (exact) mass is 348 g/mol. The molecule has 2 aromatic carbocycles. The number of hydrogen-bond donors (Lipinski definition) is 2. The third-order valence-corrected chi connectivity index (χ3v) is 5.11. The van der Waals surface area contributed by atoms with Gasteiger partial charge in [-0.2, -0.15) is 0 Å². The van der Waals surface area contributed by atoms with E-state index in [1.54, 1.807) is 0 Å². The molecule has 0 radical (unpaired) electrons. The van der Waals surface area contributed by atoms with Crippen LogP contribution >= 0.6 is 0 Å². The molecule has 4 nitrogen and oxygen atoms in total. The number of hydrogen-bond acceptors (Lipinski definition) is 3. The highest BCUT2D eigenvalue weighted by molar-refractivity contribution is 5.95. The lowest BCUT2D eigenvalue weighted by Crippen LogP contribution is -2.19. The van der Waals surface area contributed by atoms with Crippen molar-refractivity contribution in [3.8, 4) is 0 Å². The lowest BCUT2D eigenvalue weighted by molar-refractivity contribution is 0.0527. The molecule has 134 valence electrons. The third kappa shape index (κ3) is 2.96. The van der Waals surface area contributed by atoms with E-state index in [2.05, 4.69) is 35.4 Å². The molecule has 1 unspecified atom stereocenters. The first-order chi connectivity index (χ1) is 12.7. The van der Waals surface area contributed by atoms with Crippen LogP contribution in [0.1, 0.15) is 53.0 Å². The zero-order chi connectivity index (χ0) is 18.1. The van der Waals surface area contributed by atoms with E-state index in [1.165, 1.54) is 27.7 Å². The van der Waals surface area contributed by atoms with Crippen molar-refractivity contribution >= 4 is 22.6 Å². The van der Waals surface area contributed by atoms with Gasteiger partial charge in [0.15, 0.2) is 0 Å². The average molecular weight is 348 g/mol. The van der Waals surface area contributed by atoms with E-state index in [0.29, 0.717) is 12.2 Å². The third-order valence-electron chi connectivity index (χ3n) is 5.11. The molecule has 2 N–H and O–H groups in total. The molecule has 0 spiro atoms. The number of anilines is 1. The number of para-hydroxylation sites is 1. The van der Waals surface area contributed by atoms with Crippen molar-refractivity contribution in [2.75, 3.05) is 11.9 Å². The Balaban J connectivity index is 1.70. The summed E-state index contributed by atoms with van der Waals surface area (Å²) in [5, 5.41) is 4.91. The summed E-state index contributed by atoms with van der Waals surface area (Å²) in [6.07, 6.45) is 3.26. The fourth-order valence-electron chi connectivity index (χ4n) is 3.90. The summed E-state index contributed by atoms with van der Waals surface area (Å²) in [6, 6.07) is 14.3. The van der Waals surface area contributed by atoms with Crippen molar-refractivity contribution in [3.05, 3.63) is 64.8 Å². The van der Waals surface area contributed by atoms with E-state index in [4.69, 9.17) is 4.74 Å². The van der Waals surface area contributed by atoms with Crippen LogP contribution in [-0.2, 0) is 11.2 Å². The van der Waals surface area contributed by atoms with Crippen LogP contribution in [0.2, 0.25) is 0 Å². The molecule has 0 amide bonds. The quantitative estimate of drug-likeness (QED) is 0.642. The summed E-state index contributed by atoms with van der Waals surface area (Å²) in [4.78, 5) is 15.9. The van der Waals surface area contributed by atoms with Crippen LogP contribution in [0.15, 0.2) is 42.5 Å². The van der Waals surface area contributed by atoms with E-state index < -0.39 is 0 Å². The summed E-state index contributed by atoms with van der Waals surface area (Å²) in [5.41, 5.74) is 6.54. The zero-order valence-corrected chi connectivity index (χ0v) is 15.3. The topological polar surface area (TPSA) is 54.1 Å². The molecule has 0 fully saturated rings. The van der Waals surface area contributed by atoms with E-state index >= 15 is 0 Å². The number of carbonyl (C=O) groups excluding carboxylic acids is 1. The number of aryl methyl sites for hydroxylation is 2. The minimum absolute atomic E-state index is 0.169. The zero-order valence-electron chi connectivity index (χ0n) is 15.3. The van der Waals surface area contributed by atoms with Gasteiger partial charge in [0.25, 0.3) is 0 Å². The van der Waals surface area contributed by atoms with Gasteiger partial charge in [0.2, 0.25) is 0 Å². The molecule has 1 aliphatic rings. The van der Waals surface area contributed by atoms with Gasteiger partial charge in [0.05, 0.1) is 18.2 Å². The number of H-pyrrole nitrogens is 1. The molecule has 1 aliphatic carbocycles. The molecular weight excluding hydrogens is 324 g/mol. The molecule has 4 rings (SSSR count). The smallest absolute Gasteiger partial charge is 0.340 e. The number of aromatic nitrogens is 1. The highest BCUT2D eigenvalue weighted by Gasteiger charge is 2.25. The number of aromatic amines is 1. The van der Waals surface area contributed by atoms with Crippen LogP contribution < -0.4 is 5.32 Å². The Kier molecular flexibility index (Phi) is 4.41. The second-order valence-corrected chi connectivity index (χ2v) is 6.92. The summed E-state index contributed by atoms with van der Waals surface area (Å²) in [7, 11) is 0. The molecule has 26 heavy (non-hydrogen) atoms. The first-order valence-electron chi connectivity index (χ1n) is 9.31. The number of rotatable bonds is 4. The van der Waals surface area contributed by atoms with Gasteiger partial charge in [0, 0.05) is 22.3 Å². The molecule has 0 saturated heterocycles. The van der Waals surface area contributed by atoms with Gasteiger partial charge in [-0.1, -0.05) is 23.8 Å². The Morgan fingerprint density at radius 3 is 2.96 bits per heavy atom. The fraction of sp³-hybridized carbons (Fsp3) is 0.318. The molecule has 1 heterocycles. The Hall–Kier alpha value is -2.75. The second-order valence-electron chi connectivity index (χ2n) is 6.92. The summed E-state index contributed by atoms with van der Waals surface area (Å²) >= 11 is 0. The second kappa shape index (κ2) is 6.87. The van der Waals surface area contributed by atoms with Gasteiger partial charge < -0.3 is 15.0 Å². The SMILES string of the molecule is CCOC(=O)c1ccccc1NC1CCCc2c1[nH]c1ccc(C)cc21. The lowest BCUT2D eigenvalue weighted by Gasteiger charge is -2.25. The Morgan fingerprint density at radius 2 is 2.12 bits per heavy atom. The minimum atomic E-state index is -0.279. The highest BCUT2D eigenvalue weighted by Crippen LogP contribution is 2.37. The van der Waals surface area contributed by atoms with Crippen molar-refractivity contribution in [3.63, 3.8) is 0 Å². The number of fused-ring (bicyclic) bond motifs is 3. The number of carbonyl (C=O) groups is 1. The largest absolute Gasteiger partial charge is 0.462 e. The standard InChI is InChI=1S/C22H24N2O2/c1-3-26-22(25)16-7-4-5-9-18(16)23-20-10-6-8-15-17-13-14(2)11-12-19(17)24-21(15)20/h4-5,7,9,11-13,20,23-24H,3,6,8,10H2,1-2H3. The normalized spacial score (nSPS) is 16.3. The van der Waals surface area contributed by atoms with Crippen LogP contribution in [0.5, 0.6) is 0 Å². The summed E-state index contributed by atoms with van der Waals surface area (Å²) in [6.45, 7) is 4.34. The van der Waals surface area contributed by atoms with Gasteiger partial charge in [-0.15, -0.1) is 0 Å². The van der Waals surface area contributed by atoms with E-state index in [9.17, 15) is 4.79 Å². The molecule has 0 saturated carbocycles. The summed E-state index contributed by atoms with van der Waals surface area (Å²) in [5.74, 6) is -0.279.